The van der Waals surface area contributed by atoms with Gasteiger partial charge in [0.05, 0.1) is 6.10 Å². The molecule has 1 aromatic carbocycles. The molecule has 16 heavy (non-hydrogen) atoms. The summed E-state index contributed by atoms with van der Waals surface area (Å²) in [5, 5.41) is 0. The van der Waals surface area contributed by atoms with Gasteiger partial charge in [0.2, 0.25) is 0 Å². The Kier molecular flexibility index (Phi) is 4.00. The normalized spacial score (nSPS) is 17.1. The molecule has 2 nitrogen and oxygen atoms in total. The molecule has 0 aliphatic heterocycles. The molecule has 1 fully saturated rings. The first kappa shape index (κ1) is 11.2. The Hall–Kier alpha value is -1.28. The Morgan fingerprint density at radius 1 is 1.31 bits per heavy atom. The van der Waals surface area contributed by atoms with E-state index in [1.807, 2.05) is 24.3 Å². The van der Waals surface area contributed by atoms with Crippen LogP contribution in [0.15, 0.2) is 30.3 Å². The van der Waals surface area contributed by atoms with E-state index in [-0.39, 0.29) is 0 Å². The van der Waals surface area contributed by atoms with Crippen LogP contribution in [0.25, 0.3) is 6.08 Å². The van der Waals surface area contributed by atoms with Gasteiger partial charge in [-0.15, -0.1) is 0 Å². The van der Waals surface area contributed by atoms with Gasteiger partial charge in [0.1, 0.15) is 5.75 Å². The fourth-order valence-electron chi connectivity index (χ4n) is 2.09. The van der Waals surface area contributed by atoms with E-state index in [0.29, 0.717) is 12.6 Å². The van der Waals surface area contributed by atoms with Crippen molar-refractivity contribution in [1.82, 2.24) is 0 Å². The molecule has 0 radical (unpaired) electrons. The van der Waals surface area contributed by atoms with Gasteiger partial charge in [-0.1, -0.05) is 24.3 Å². The summed E-state index contributed by atoms with van der Waals surface area (Å²) in [5.74, 6) is 0.978. The molecule has 0 unspecified atom stereocenters. The van der Waals surface area contributed by atoms with Gasteiger partial charge in [-0.3, -0.25) is 0 Å². The van der Waals surface area contributed by atoms with Crippen LogP contribution in [0.5, 0.6) is 5.75 Å². The molecule has 1 aliphatic carbocycles. The summed E-state index contributed by atoms with van der Waals surface area (Å²) < 4.78 is 5.93. The molecule has 2 heteroatoms. The van der Waals surface area contributed by atoms with E-state index in [2.05, 4.69) is 12.1 Å². The predicted octanol–water partition coefficient (Wildman–Crippen LogP) is 2.98. The van der Waals surface area contributed by atoms with Crippen LogP contribution in [0.4, 0.5) is 0 Å². The maximum Gasteiger partial charge on any atom is 0.120 e. The van der Waals surface area contributed by atoms with Crippen LogP contribution >= 0.6 is 0 Å². The Bertz CT molecular complexity index is 354. The van der Waals surface area contributed by atoms with E-state index in [4.69, 9.17) is 10.5 Å². The molecule has 0 atom stereocenters. The van der Waals surface area contributed by atoms with Crippen LogP contribution in [0, 0.1) is 0 Å². The van der Waals surface area contributed by atoms with Gasteiger partial charge in [-0.05, 0) is 43.4 Å². The quantitative estimate of drug-likeness (QED) is 0.841. The van der Waals surface area contributed by atoms with Crippen molar-refractivity contribution in [2.24, 2.45) is 5.73 Å². The number of benzene rings is 1. The molecule has 2 N–H and O–H groups in total. The van der Waals surface area contributed by atoms with Crippen molar-refractivity contribution in [3.8, 4) is 5.75 Å². The molecule has 0 saturated heterocycles. The van der Waals surface area contributed by atoms with Crippen molar-refractivity contribution >= 4 is 6.08 Å². The van der Waals surface area contributed by atoms with Crippen molar-refractivity contribution in [3.05, 3.63) is 35.9 Å². The summed E-state index contributed by atoms with van der Waals surface area (Å²) in [6, 6.07) is 8.19. The molecule has 86 valence electrons. The lowest BCUT2D eigenvalue weighted by atomic mass is 10.2. The number of hydrogen-bond donors (Lipinski definition) is 1. The van der Waals surface area contributed by atoms with Gasteiger partial charge in [0, 0.05) is 6.54 Å². The average Bonchev–Trinajstić information content (AvgIpc) is 2.80. The minimum atomic E-state index is 0.425. The molecular weight excluding hydrogens is 198 g/mol. The minimum Gasteiger partial charge on any atom is -0.490 e. The average molecular weight is 217 g/mol. The van der Waals surface area contributed by atoms with Gasteiger partial charge in [0.25, 0.3) is 0 Å². The number of ether oxygens (including phenoxy) is 1. The number of nitrogens with two attached hydrogens (primary N) is 1. The monoisotopic (exact) mass is 217 g/mol. The summed E-state index contributed by atoms with van der Waals surface area (Å²) >= 11 is 0. The first-order valence-corrected chi connectivity index (χ1v) is 6.02. The molecule has 1 aromatic rings. The Labute approximate surface area is 97.1 Å². The third kappa shape index (κ3) is 3.11. The first-order chi connectivity index (χ1) is 7.88. The predicted molar refractivity (Wildman–Crippen MR) is 67.4 cm³/mol. The zero-order valence-electron chi connectivity index (χ0n) is 9.56. The highest BCUT2D eigenvalue weighted by Gasteiger charge is 2.16. The van der Waals surface area contributed by atoms with Gasteiger partial charge >= 0.3 is 0 Å². The second-order valence-electron chi connectivity index (χ2n) is 4.23. The lowest BCUT2D eigenvalue weighted by molar-refractivity contribution is 0.210. The highest BCUT2D eigenvalue weighted by molar-refractivity contribution is 5.51. The van der Waals surface area contributed by atoms with E-state index < -0.39 is 0 Å². The van der Waals surface area contributed by atoms with Crippen LogP contribution in [0.1, 0.15) is 31.2 Å². The van der Waals surface area contributed by atoms with E-state index in [0.717, 1.165) is 11.3 Å². The fraction of sp³-hybridized carbons (Fsp3) is 0.429. The third-order valence-electron chi connectivity index (χ3n) is 2.91. The minimum absolute atomic E-state index is 0.425. The largest absolute Gasteiger partial charge is 0.490 e. The highest BCUT2D eigenvalue weighted by atomic mass is 16.5. The molecular formula is C14H19NO. The summed E-state index contributed by atoms with van der Waals surface area (Å²) in [5.41, 5.74) is 6.58. The molecule has 0 spiro atoms. The number of hydrogen-bond acceptors (Lipinski definition) is 2. The maximum atomic E-state index is 5.93. The van der Waals surface area contributed by atoms with Crippen LogP contribution in [0.3, 0.4) is 0 Å². The van der Waals surface area contributed by atoms with Crippen molar-refractivity contribution in [2.75, 3.05) is 6.54 Å². The lowest BCUT2D eigenvalue weighted by Crippen LogP contribution is -2.10. The summed E-state index contributed by atoms with van der Waals surface area (Å²) in [7, 11) is 0. The van der Waals surface area contributed by atoms with Gasteiger partial charge in [-0.2, -0.15) is 0 Å². The standard InChI is InChI=1S/C14H19NO/c15-10-4-6-12-5-3-9-14(11-12)16-13-7-1-2-8-13/h3-6,9,11,13H,1-2,7-8,10,15H2/b6-4+. The topological polar surface area (TPSA) is 35.2 Å². The second kappa shape index (κ2) is 5.71. The molecule has 0 heterocycles. The smallest absolute Gasteiger partial charge is 0.120 e. The zero-order valence-corrected chi connectivity index (χ0v) is 9.56. The van der Waals surface area contributed by atoms with E-state index in [1.165, 1.54) is 25.7 Å². The van der Waals surface area contributed by atoms with E-state index in [9.17, 15) is 0 Å². The van der Waals surface area contributed by atoms with Crippen molar-refractivity contribution < 1.29 is 4.74 Å². The number of rotatable bonds is 4. The van der Waals surface area contributed by atoms with Gasteiger partial charge in [0.15, 0.2) is 0 Å². The lowest BCUT2D eigenvalue weighted by Gasteiger charge is -2.13. The third-order valence-corrected chi connectivity index (χ3v) is 2.91. The van der Waals surface area contributed by atoms with Gasteiger partial charge < -0.3 is 10.5 Å². The fourth-order valence-corrected chi connectivity index (χ4v) is 2.09. The van der Waals surface area contributed by atoms with Crippen LogP contribution in [-0.2, 0) is 0 Å². The highest BCUT2D eigenvalue weighted by Crippen LogP contribution is 2.24. The van der Waals surface area contributed by atoms with Crippen LogP contribution in [0.2, 0.25) is 0 Å². The van der Waals surface area contributed by atoms with Crippen molar-refractivity contribution in [2.45, 2.75) is 31.8 Å². The Balaban J connectivity index is 2.00. The van der Waals surface area contributed by atoms with Crippen LogP contribution < -0.4 is 10.5 Å². The van der Waals surface area contributed by atoms with Crippen molar-refractivity contribution in [3.63, 3.8) is 0 Å². The second-order valence-corrected chi connectivity index (χ2v) is 4.23. The SMILES string of the molecule is NC/C=C/c1cccc(OC2CCCC2)c1. The molecule has 0 aromatic heterocycles. The molecule has 1 aliphatic rings. The van der Waals surface area contributed by atoms with Crippen LogP contribution in [-0.4, -0.2) is 12.6 Å². The summed E-state index contributed by atoms with van der Waals surface area (Å²) in [4.78, 5) is 0. The molecule has 2 rings (SSSR count). The molecule has 1 saturated carbocycles. The maximum absolute atomic E-state index is 5.93. The first-order valence-electron chi connectivity index (χ1n) is 6.02. The van der Waals surface area contributed by atoms with Gasteiger partial charge in [-0.25, -0.2) is 0 Å². The summed E-state index contributed by atoms with van der Waals surface area (Å²) in [6.45, 7) is 0.577. The van der Waals surface area contributed by atoms with Crippen molar-refractivity contribution in [1.29, 1.82) is 0 Å². The van der Waals surface area contributed by atoms with E-state index in [1.54, 1.807) is 0 Å². The zero-order chi connectivity index (χ0) is 11.2. The van der Waals surface area contributed by atoms with E-state index >= 15 is 0 Å². The Morgan fingerprint density at radius 3 is 2.88 bits per heavy atom. The summed E-state index contributed by atoms with van der Waals surface area (Å²) in [6.07, 6.45) is 9.41. The molecule has 0 bridgehead atoms. The Morgan fingerprint density at radius 2 is 2.12 bits per heavy atom. The molecule has 0 amide bonds.